The van der Waals surface area contributed by atoms with Gasteiger partial charge in [-0.15, -0.1) is 0 Å². The van der Waals surface area contributed by atoms with E-state index >= 15 is 0 Å². The highest BCUT2D eigenvalue weighted by molar-refractivity contribution is 7.89. The number of nitrogens with zero attached hydrogens (tertiary/aromatic N) is 3. The van der Waals surface area contributed by atoms with E-state index in [0.717, 1.165) is 36.0 Å². The fourth-order valence-corrected chi connectivity index (χ4v) is 6.45. The average Bonchev–Trinajstić information content (AvgIpc) is 3.09. The van der Waals surface area contributed by atoms with Crippen LogP contribution in [-0.4, -0.2) is 36.3 Å². The minimum atomic E-state index is -3.59. The number of carbonyl (C=O) groups is 1. The maximum absolute atomic E-state index is 12.9. The van der Waals surface area contributed by atoms with Crippen molar-refractivity contribution in [3.63, 3.8) is 0 Å². The minimum absolute atomic E-state index is 0.188. The molecule has 172 valence electrons. The molecule has 3 rings (SSSR count). The van der Waals surface area contributed by atoms with Crippen LogP contribution in [-0.2, 0) is 16.6 Å². The molecule has 0 spiro atoms. The van der Waals surface area contributed by atoms with E-state index in [1.54, 1.807) is 0 Å². The van der Waals surface area contributed by atoms with Crippen LogP contribution in [0.25, 0.3) is 10.2 Å². The third-order valence-electron chi connectivity index (χ3n) is 4.97. The topological polar surface area (TPSA) is 71.7 Å². The van der Waals surface area contributed by atoms with Gasteiger partial charge in [-0.3, -0.25) is 4.79 Å². The van der Waals surface area contributed by atoms with Gasteiger partial charge in [0.2, 0.25) is 10.0 Å². The summed E-state index contributed by atoms with van der Waals surface area (Å²) < 4.78 is 30.3. The number of aryl methyl sites for hydroxylation is 1. The first-order valence-corrected chi connectivity index (χ1v) is 13.4. The van der Waals surface area contributed by atoms with Crippen molar-refractivity contribution in [2.75, 3.05) is 13.1 Å². The third-order valence-corrected chi connectivity index (χ3v) is 8.16. The predicted molar refractivity (Wildman–Crippen MR) is 131 cm³/mol. The zero-order valence-corrected chi connectivity index (χ0v) is 20.9. The molecule has 0 fully saturated rings. The lowest BCUT2D eigenvalue weighted by Crippen LogP contribution is -2.32. The summed E-state index contributed by atoms with van der Waals surface area (Å²) in [5, 5.41) is 0.636. The molecule has 1 aromatic heterocycles. The molecule has 0 unspecified atom stereocenters. The molecule has 0 N–H and O–H groups in total. The number of carbonyl (C=O) groups excluding carboxylic acids is 1. The quantitative estimate of drug-likeness (QED) is 0.405. The molecule has 0 saturated carbocycles. The molecule has 0 aliphatic heterocycles. The van der Waals surface area contributed by atoms with Gasteiger partial charge in [0.15, 0.2) is 4.80 Å². The van der Waals surface area contributed by atoms with Crippen LogP contribution in [0.2, 0.25) is 5.02 Å². The molecule has 0 atom stereocenters. The molecule has 0 radical (unpaired) electrons. The van der Waals surface area contributed by atoms with E-state index in [1.165, 1.54) is 39.9 Å². The van der Waals surface area contributed by atoms with Crippen molar-refractivity contribution in [3.8, 4) is 0 Å². The van der Waals surface area contributed by atoms with Gasteiger partial charge in [0.05, 0.1) is 15.1 Å². The van der Waals surface area contributed by atoms with Crippen LogP contribution in [0.1, 0.15) is 50.4 Å². The number of sulfonamides is 1. The van der Waals surface area contributed by atoms with E-state index in [9.17, 15) is 13.2 Å². The lowest BCUT2D eigenvalue weighted by atomic mass is 10.2. The van der Waals surface area contributed by atoms with E-state index in [4.69, 9.17) is 11.6 Å². The Hall–Kier alpha value is -2.00. The minimum Gasteiger partial charge on any atom is -0.316 e. The molecule has 32 heavy (non-hydrogen) atoms. The van der Waals surface area contributed by atoms with Gasteiger partial charge in [-0.25, -0.2) is 8.42 Å². The van der Waals surface area contributed by atoms with Crippen molar-refractivity contribution in [1.29, 1.82) is 0 Å². The highest BCUT2D eigenvalue weighted by Crippen LogP contribution is 2.22. The van der Waals surface area contributed by atoms with Crippen molar-refractivity contribution >= 4 is 49.1 Å². The van der Waals surface area contributed by atoms with Gasteiger partial charge in [0, 0.05) is 30.2 Å². The lowest BCUT2D eigenvalue weighted by molar-refractivity contribution is 0.0997. The number of aromatic nitrogens is 1. The molecular formula is C23H28ClN3O3S2. The molecule has 1 amide bonds. The van der Waals surface area contributed by atoms with Crippen molar-refractivity contribution < 1.29 is 13.2 Å². The Balaban J connectivity index is 1.94. The Morgan fingerprint density at radius 1 is 1.03 bits per heavy atom. The zero-order valence-electron chi connectivity index (χ0n) is 18.5. The largest absolute Gasteiger partial charge is 0.316 e. The van der Waals surface area contributed by atoms with Crippen LogP contribution in [0.15, 0.2) is 52.4 Å². The van der Waals surface area contributed by atoms with Gasteiger partial charge in [0.25, 0.3) is 5.91 Å². The van der Waals surface area contributed by atoms with Crippen LogP contribution < -0.4 is 4.80 Å². The summed E-state index contributed by atoms with van der Waals surface area (Å²) in [4.78, 5) is 18.0. The number of amides is 1. The number of fused-ring (bicyclic) bond motifs is 1. The predicted octanol–water partition coefficient (Wildman–Crippen LogP) is 5.32. The lowest BCUT2D eigenvalue weighted by Gasteiger charge is -2.21. The number of hydrogen-bond acceptors (Lipinski definition) is 4. The molecule has 2 aromatic carbocycles. The second kappa shape index (κ2) is 10.7. The molecule has 6 nitrogen and oxygen atoms in total. The van der Waals surface area contributed by atoms with E-state index in [1.807, 2.05) is 36.6 Å². The van der Waals surface area contributed by atoms with Gasteiger partial charge in [-0.05, 0) is 61.7 Å². The fraction of sp³-hybridized carbons (Fsp3) is 0.391. The summed E-state index contributed by atoms with van der Waals surface area (Å²) >= 11 is 7.53. The molecular weight excluding hydrogens is 466 g/mol. The average molecular weight is 494 g/mol. The molecule has 1 heterocycles. The number of rotatable bonds is 9. The van der Waals surface area contributed by atoms with Gasteiger partial charge >= 0.3 is 0 Å². The highest BCUT2D eigenvalue weighted by Gasteiger charge is 2.23. The summed E-state index contributed by atoms with van der Waals surface area (Å²) in [5.74, 6) is -0.407. The SMILES string of the molecule is CCCN(CCC)S(=O)(=O)c1ccc(C(=O)N=c2sc3cc(Cl)ccc3n2CCC)cc1. The van der Waals surface area contributed by atoms with Gasteiger partial charge in [-0.2, -0.15) is 9.30 Å². The molecule has 0 aliphatic rings. The molecule has 9 heteroatoms. The normalized spacial score (nSPS) is 12.7. The Morgan fingerprint density at radius 2 is 1.69 bits per heavy atom. The van der Waals surface area contributed by atoms with E-state index in [-0.39, 0.29) is 4.90 Å². The van der Waals surface area contributed by atoms with Crippen LogP contribution in [0, 0.1) is 0 Å². The van der Waals surface area contributed by atoms with Crippen LogP contribution in [0.3, 0.4) is 0 Å². The highest BCUT2D eigenvalue weighted by atomic mass is 35.5. The number of benzene rings is 2. The second-order valence-corrected chi connectivity index (χ2v) is 10.9. The summed E-state index contributed by atoms with van der Waals surface area (Å²) in [5.41, 5.74) is 1.33. The summed E-state index contributed by atoms with van der Waals surface area (Å²) in [6.07, 6.45) is 2.38. The summed E-state index contributed by atoms with van der Waals surface area (Å²) in [6.45, 7) is 7.65. The standard InChI is InChI=1S/C23H28ClN3O3S2/c1-4-13-26(14-5-2)32(29,30)19-10-7-17(8-11-19)22(28)25-23-27(15-6-3)20-12-9-18(24)16-21(20)31-23/h7-12,16H,4-6,13-15H2,1-3H3. The van der Waals surface area contributed by atoms with Crippen molar-refractivity contribution in [2.24, 2.45) is 4.99 Å². The maximum Gasteiger partial charge on any atom is 0.279 e. The zero-order chi connectivity index (χ0) is 23.3. The van der Waals surface area contributed by atoms with E-state index in [0.29, 0.717) is 28.5 Å². The number of hydrogen-bond donors (Lipinski definition) is 0. The van der Waals surface area contributed by atoms with Crippen molar-refractivity contribution in [2.45, 2.75) is 51.5 Å². The van der Waals surface area contributed by atoms with Crippen molar-refractivity contribution in [1.82, 2.24) is 8.87 Å². The van der Waals surface area contributed by atoms with Gasteiger partial charge < -0.3 is 4.57 Å². The Kier molecular flexibility index (Phi) is 8.27. The summed E-state index contributed by atoms with van der Waals surface area (Å²) in [6, 6.07) is 11.7. The Labute approximate surface area is 198 Å². The first-order chi connectivity index (χ1) is 15.3. The van der Waals surface area contributed by atoms with Crippen LogP contribution in [0.5, 0.6) is 0 Å². The first kappa shape index (κ1) is 24.6. The fourth-order valence-electron chi connectivity index (χ4n) is 3.49. The van der Waals surface area contributed by atoms with Crippen molar-refractivity contribution in [3.05, 3.63) is 57.9 Å². The van der Waals surface area contributed by atoms with Crippen LogP contribution in [0.4, 0.5) is 0 Å². The summed E-state index contributed by atoms with van der Waals surface area (Å²) in [7, 11) is -3.59. The first-order valence-electron chi connectivity index (χ1n) is 10.8. The smallest absolute Gasteiger partial charge is 0.279 e. The molecule has 0 aliphatic carbocycles. The Bertz CT molecular complexity index is 1260. The van der Waals surface area contributed by atoms with Gasteiger partial charge in [0.1, 0.15) is 0 Å². The number of halogens is 1. The monoisotopic (exact) mass is 493 g/mol. The molecule has 3 aromatic rings. The molecule has 0 saturated heterocycles. The van der Waals surface area contributed by atoms with E-state index in [2.05, 4.69) is 11.9 Å². The molecule has 0 bridgehead atoms. The van der Waals surface area contributed by atoms with E-state index < -0.39 is 15.9 Å². The third kappa shape index (κ3) is 5.31. The maximum atomic E-state index is 12.9. The number of thiazole rings is 1. The second-order valence-electron chi connectivity index (χ2n) is 7.49. The van der Waals surface area contributed by atoms with Gasteiger partial charge in [-0.1, -0.05) is 43.7 Å². The Morgan fingerprint density at radius 3 is 2.28 bits per heavy atom. The van der Waals surface area contributed by atoms with Crippen LogP contribution >= 0.6 is 22.9 Å².